The smallest absolute Gasteiger partial charge is 0.217 e. The lowest BCUT2D eigenvalue weighted by Gasteiger charge is -2.70. The Hall–Kier alpha value is -0.650. The van der Waals surface area contributed by atoms with E-state index in [0.717, 1.165) is 0 Å². The summed E-state index contributed by atoms with van der Waals surface area (Å²) in [7, 11) is 0. The van der Waals surface area contributed by atoms with Crippen molar-refractivity contribution < 1.29 is 20.1 Å². The average molecular weight is 315 g/mol. The first-order chi connectivity index (χ1) is 9.81. The highest BCUT2D eigenvalue weighted by atomic mass is 16.3. The summed E-state index contributed by atoms with van der Waals surface area (Å²) in [6, 6.07) is 0. The van der Waals surface area contributed by atoms with Gasteiger partial charge in [-0.05, 0) is 32.1 Å². The van der Waals surface area contributed by atoms with E-state index in [4.69, 9.17) is 0 Å². The van der Waals surface area contributed by atoms with Crippen molar-refractivity contribution in [1.82, 2.24) is 5.32 Å². The molecule has 5 atom stereocenters. The molecule has 1 fully saturated rings. The summed E-state index contributed by atoms with van der Waals surface area (Å²) in [5.74, 6) is -0.242. The van der Waals surface area contributed by atoms with Crippen molar-refractivity contribution in [3.05, 3.63) is 0 Å². The number of aliphatic hydroxyl groups excluding tert-OH is 2. The van der Waals surface area contributed by atoms with Crippen LogP contribution in [0.25, 0.3) is 0 Å². The predicted octanol–water partition coefficient (Wildman–Crippen LogP) is 1.45. The minimum Gasteiger partial charge on any atom is -0.396 e. The number of carbonyl (C=O) groups is 1. The highest BCUT2D eigenvalue weighted by Gasteiger charge is 2.71. The number of amides is 1. The highest BCUT2D eigenvalue weighted by molar-refractivity contribution is 5.74. The van der Waals surface area contributed by atoms with Crippen LogP contribution in [0.15, 0.2) is 0 Å². The fourth-order valence-electron chi connectivity index (χ4n) is 4.80. The van der Waals surface area contributed by atoms with E-state index in [1.807, 2.05) is 27.7 Å². The van der Waals surface area contributed by atoms with Crippen LogP contribution >= 0.6 is 0 Å². The summed E-state index contributed by atoms with van der Waals surface area (Å²) >= 11 is 0. The molecule has 130 valence electrons. The Morgan fingerprint density at radius 2 is 1.50 bits per heavy atom. The van der Waals surface area contributed by atoms with Crippen LogP contribution in [-0.4, -0.2) is 45.6 Å². The van der Waals surface area contributed by atoms with Gasteiger partial charge in [0.2, 0.25) is 5.91 Å². The standard InChI is InChI=1S/C17H33NO4/c1-8-15(5)13(3,10-19)9-14(4,11-20)16(6,17(15,7)22)18-12(2)21/h19-20,22H,8-11H2,1-7H3,(H,18,21). The number of rotatable bonds is 4. The summed E-state index contributed by atoms with van der Waals surface area (Å²) in [4.78, 5) is 11.8. The van der Waals surface area contributed by atoms with Gasteiger partial charge in [0.05, 0.1) is 17.7 Å². The van der Waals surface area contributed by atoms with Gasteiger partial charge in [0.25, 0.3) is 0 Å². The zero-order chi connectivity index (χ0) is 17.6. The van der Waals surface area contributed by atoms with Gasteiger partial charge in [-0.15, -0.1) is 0 Å². The van der Waals surface area contributed by atoms with Gasteiger partial charge < -0.3 is 20.6 Å². The maximum atomic E-state index is 11.8. The minimum atomic E-state index is -1.31. The molecule has 0 aromatic carbocycles. The van der Waals surface area contributed by atoms with Crippen molar-refractivity contribution in [2.24, 2.45) is 16.2 Å². The topological polar surface area (TPSA) is 89.8 Å². The molecule has 1 rings (SSSR count). The molecule has 22 heavy (non-hydrogen) atoms. The van der Waals surface area contributed by atoms with Gasteiger partial charge in [-0.1, -0.05) is 27.7 Å². The molecule has 0 saturated heterocycles. The van der Waals surface area contributed by atoms with Crippen LogP contribution in [0, 0.1) is 16.2 Å². The maximum absolute atomic E-state index is 11.8. The van der Waals surface area contributed by atoms with Gasteiger partial charge in [-0.25, -0.2) is 0 Å². The van der Waals surface area contributed by atoms with Gasteiger partial charge in [-0.3, -0.25) is 4.79 Å². The Balaban J connectivity index is 3.66. The third-order valence-corrected chi connectivity index (χ3v) is 7.20. The number of aliphatic hydroxyl groups is 3. The summed E-state index contributed by atoms with van der Waals surface area (Å²) < 4.78 is 0. The van der Waals surface area contributed by atoms with E-state index in [-0.39, 0.29) is 19.1 Å². The third-order valence-electron chi connectivity index (χ3n) is 7.20. The second kappa shape index (κ2) is 5.46. The maximum Gasteiger partial charge on any atom is 0.217 e. The molecule has 5 nitrogen and oxygen atoms in total. The second-order valence-electron chi connectivity index (χ2n) is 8.18. The molecule has 0 aliphatic heterocycles. The normalized spacial score (nSPS) is 49.0. The number of hydrogen-bond acceptors (Lipinski definition) is 4. The molecule has 1 aliphatic carbocycles. The number of hydrogen-bond donors (Lipinski definition) is 4. The molecule has 0 spiro atoms. The molecule has 5 heteroatoms. The van der Waals surface area contributed by atoms with E-state index in [0.29, 0.717) is 12.8 Å². The van der Waals surface area contributed by atoms with Crippen molar-refractivity contribution >= 4 is 5.91 Å². The molecule has 1 aliphatic rings. The summed E-state index contributed by atoms with van der Waals surface area (Å²) in [6.07, 6.45) is 1.15. The van der Waals surface area contributed by atoms with Crippen molar-refractivity contribution in [3.63, 3.8) is 0 Å². The summed E-state index contributed by atoms with van der Waals surface area (Å²) in [5.41, 5.74) is -4.27. The lowest BCUT2D eigenvalue weighted by atomic mass is 9.39. The van der Waals surface area contributed by atoms with E-state index >= 15 is 0 Å². The Labute approximate surface area is 134 Å². The molecular formula is C17H33NO4. The Bertz CT molecular complexity index is 452. The van der Waals surface area contributed by atoms with Crippen LogP contribution in [0.2, 0.25) is 0 Å². The fraction of sp³-hybridized carbons (Fsp3) is 0.941. The molecule has 0 aromatic rings. The molecule has 0 bridgehead atoms. The molecule has 1 amide bonds. The fourth-order valence-corrected chi connectivity index (χ4v) is 4.80. The molecule has 5 unspecified atom stereocenters. The first kappa shape index (κ1) is 19.4. The van der Waals surface area contributed by atoms with Gasteiger partial charge in [0, 0.05) is 24.4 Å². The predicted molar refractivity (Wildman–Crippen MR) is 86.2 cm³/mol. The number of nitrogens with one attached hydrogen (secondary N) is 1. The SMILES string of the molecule is CCC1(C)C(C)(CO)CC(C)(CO)C(C)(NC(C)=O)C1(C)O. The van der Waals surface area contributed by atoms with E-state index in [1.54, 1.807) is 13.8 Å². The van der Waals surface area contributed by atoms with Crippen molar-refractivity contribution in [2.75, 3.05) is 13.2 Å². The number of carbonyl (C=O) groups excluding carboxylic acids is 1. The van der Waals surface area contributed by atoms with Gasteiger partial charge in [-0.2, -0.15) is 0 Å². The van der Waals surface area contributed by atoms with Crippen LogP contribution in [0.5, 0.6) is 0 Å². The van der Waals surface area contributed by atoms with Gasteiger partial charge >= 0.3 is 0 Å². The van der Waals surface area contributed by atoms with Crippen LogP contribution in [0.1, 0.15) is 61.3 Å². The average Bonchev–Trinajstić information content (AvgIpc) is 2.43. The highest BCUT2D eigenvalue weighted by Crippen LogP contribution is 2.65. The minimum absolute atomic E-state index is 0.0841. The Morgan fingerprint density at radius 1 is 1.05 bits per heavy atom. The molecular weight excluding hydrogens is 282 g/mol. The molecule has 1 saturated carbocycles. The lowest BCUT2D eigenvalue weighted by molar-refractivity contribution is -0.267. The quantitative estimate of drug-likeness (QED) is 0.632. The lowest BCUT2D eigenvalue weighted by Crippen LogP contribution is -2.80. The first-order valence-corrected chi connectivity index (χ1v) is 8.04. The molecule has 0 aromatic heterocycles. The van der Waals surface area contributed by atoms with Gasteiger partial charge in [0.1, 0.15) is 0 Å². The van der Waals surface area contributed by atoms with Crippen molar-refractivity contribution in [2.45, 2.75) is 72.4 Å². The molecule has 4 N–H and O–H groups in total. The molecule has 0 radical (unpaired) electrons. The van der Waals surface area contributed by atoms with Crippen LogP contribution in [0.4, 0.5) is 0 Å². The van der Waals surface area contributed by atoms with E-state index in [2.05, 4.69) is 5.32 Å². The second-order valence-corrected chi connectivity index (χ2v) is 8.18. The monoisotopic (exact) mass is 315 g/mol. The van der Waals surface area contributed by atoms with Crippen LogP contribution in [0.3, 0.4) is 0 Å². The Kier molecular flexibility index (Phi) is 4.82. The Morgan fingerprint density at radius 3 is 1.82 bits per heavy atom. The van der Waals surface area contributed by atoms with Crippen LogP contribution in [-0.2, 0) is 4.79 Å². The van der Waals surface area contributed by atoms with E-state index in [1.165, 1.54) is 6.92 Å². The van der Waals surface area contributed by atoms with Crippen molar-refractivity contribution in [1.29, 1.82) is 0 Å². The molecule has 0 heterocycles. The first-order valence-electron chi connectivity index (χ1n) is 8.04. The summed E-state index contributed by atoms with van der Waals surface area (Å²) in [5, 5.41) is 34.6. The summed E-state index contributed by atoms with van der Waals surface area (Å²) in [6.45, 7) is 12.4. The van der Waals surface area contributed by atoms with Gasteiger partial charge in [0.15, 0.2) is 0 Å². The zero-order valence-corrected chi connectivity index (χ0v) is 15.1. The van der Waals surface area contributed by atoms with Crippen LogP contribution < -0.4 is 5.32 Å². The largest absolute Gasteiger partial charge is 0.396 e. The zero-order valence-electron chi connectivity index (χ0n) is 15.1. The third kappa shape index (κ3) is 2.13. The van der Waals surface area contributed by atoms with E-state index < -0.39 is 27.4 Å². The van der Waals surface area contributed by atoms with E-state index in [9.17, 15) is 20.1 Å². The van der Waals surface area contributed by atoms with Crippen molar-refractivity contribution in [3.8, 4) is 0 Å².